The van der Waals surface area contributed by atoms with Gasteiger partial charge in [-0.25, -0.2) is 0 Å². The van der Waals surface area contributed by atoms with E-state index in [-0.39, 0.29) is 5.60 Å². The fraction of sp³-hybridized carbons (Fsp3) is 0.800. The molecule has 1 aliphatic carbocycles. The van der Waals surface area contributed by atoms with Crippen molar-refractivity contribution in [3.63, 3.8) is 0 Å². The maximum Gasteiger partial charge on any atom is 0.177 e. The molecule has 1 saturated carbocycles. The molecule has 0 saturated heterocycles. The first-order valence-corrected chi connectivity index (χ1v) is 4.55. The number of aliphatic hydroxyl groups excluding tert-OH is 1. The van der Waals surface area contributed by atoms with Gasteiger partial charge in [0.15, 0.2) is 6.29 Å². The van der Waals surface area contributed by atoms with Crippen molar-refractivity contribution in [2.45, 2.75) is 51.4 Å². The summed E-state index contributed by atoms with van der Waals surface area (Å²) in [6, 6.07) is 0. The SMILES string of the molecule is C=C(C)C(O)OC1(C)CCCC1. The van der Waals surface area contributed by atoms with E-state index in [1.807, 2.05) is 0 Å². The normalized spacial score (nSPS) is 23.9. The van der Waals surface area contributed by atoms with Gasteiger partial charge in [0.2, 0.25) is 0 Å². The summed E-state index contributed by atoms with van der Waals surface area (Å²) in [5.74, 6) is 0. The van der Waals surface area contributed by atoms with Gasteiger partial charge in [-0.15, -0.1) is 0 Å². The van der Waals surface area contributed by atoms with Crippen molar-refractivity contribution in [1.82, 2.24) is 0 Å². The van der Waals surface area contributed by atoms with Gasteiger partial charge in [0.05, 0.1) is 5.60 Å². The Balaban J connectivity index is 2.43. The molecule has 1 unspecified atom stereocenters. The molecule has 0 amide bonds. The van der Waals surface area contributed by atoms with Gasteiger partial charge >= 0.3 is 0 Å². The van der Waals surface area contributed by atoms with Crippen LogP contribution in [0.25, 0.3) is 0 Å². The monoisotopic (exact) mass is 170 g/mol. The van der Waals surface area contributed by atoms with Crippen LogP contribution in [-0.4, -0.2) is 17.0 Å². The molecule has 0 aromatic heterocycles. The maximum absolute atomic E-state index is 9.43. The Labute approximate surface area is 74.2 Å². The maximum atomic E-state index is 9.43. The van der Waals surface area contributed by atoms with Gasteiger partial charge in [-0.3, -0.25) is 0 Å². The number of hydrogen-bond donors (Lipinski definition) is 1. The van der Waals surface area contributed by atoms with Crippen LogP contribution in [0, 0.1) is 0 Å². The van der Waals surface area contributed by atoms with Crippen LogP contribution in [0.1, 0.15) is 39.5 Å². The minimum Gasteiger partial charge on any atom is -0.364 e. The number of ether oxygens (including phenoxy) is 1. The fourth-order valence-electron chi connectivity index (χ4n) is 1.61. The van der Waals surface area contributed by atoms with Gasteiger partial charge < -0.3 is 9.84 Å². The molecule has 1 N–H and O–H groups in total. The molecule has 1 atom stereocenters. The van der Waals surface area contributed by atoms with Crippen molar-refractivity contribution in [1.29, 1.82) is 0 Å². The van der Waals surface area contributed by atoms with Crippen LogP contribution in [0.5, 0.6) is 0 Å². The summed E-state index contributed by atoms with van der Waals surface area (Å²) in [7, 11) is 0. The third-order valence-corrected chi connectivity index (χ3v) is 2.48. The highest BCUT2D eigenvalue weighted by molar-refractivity contribution is 4.94. The lowest BCUT2D eigenvalue weighted by Crippen LogP contribution is -2.31. The summed E-state index contributed by atoms with van der Waals surface area (Å²) in [6.45, 7) is 7.50. The van der Waals surface area contributed by atoms with Crippen LogP contribution >= 0.6 is 0 Å². The second-order valence-corrected chi connectivity index (χ2v) is 3.97. The van der Waals surface area contributed by atoms with Crippen LogP contribution in [0.2, 0.25) is 0 Å². The van der Waals surface area contributed by atoms with Crippen molar-refractivity contribution in [3.8, 4) is 0 Å². The second-order valence-electron chi connectivity index (χ2n) is 3.97. The Morgan fingerprint density at radius 1 is 1.50 bits per heavy atom. The summed E-state index contributed by atoms with van der Waals surface area (Å²) < 4.78 is 5.52. The highest BCUT2D eigenvalue weighted by atomic mass is 16.6. The fourth-order valence-corrected chi connectivity index (χ4v) is 1.61. The third kappa shape index (κ3) is 2.32. The average molecular weight is 170 g/mol. The van der Waals surface area contributed by atoms with E-state index in [9.17, 15) is 5.11 Å². The van der Waals surface area contributed by atoms with E-state index in [4.69, 9.17) is 4.74 Å². The Morgan fingerprint density at radius 3 is 2.42 bits per heavy atom. The van der Waals surface area contributed by atoms with Gasteiger partial charge in [-0.05, 0) is 32.3 Å². The summed E-state index contributed by atoms with van der Waals surface area (Å²) in [6.07, 6.45) is 3.74. The van der Waals surface area contributed by atoms with Crippen LogP contribution in [0.3, 0.4) is 0 Å². The molecule has 0 radical (unpaired) electrons. The van der Waals surface area contributed by atoms with E-state index < -0.39 is 6.29 Å². The minimum absolute atomic E-state index is 0.113. The van der Waals surface area contributed by atoms with Crippen LogP contribution < -0.4 is 0 Å². The van der Waals surface area contributed by atoms with E-state index in [1.165, 1.54) is 12.8 Å². The molecule has 1 fully saturated rings. The Hall–Kier alpha value is -0.340. The Bertz CT molecular complexity index is 169. The summed E-state index contributed by atoms with van der Waals surface area (Å²) >= 11 is 0. The predicted octanol–water partition coefficient (Wildman–Crippen LogP) is 2.23. The van der Waals surface area contributed by atoms with E-state index in [1.54, 1.807) is 6.92 Å². The number of rotatable bonds is 3. The molecule has 2 heteroatoms. The Kier molecular flexibility index (Phi) is 2.91. The van der Waals surface area contributed by atoms with Crippen molar-refractivity contribution in [2.75, 3.05) is 0 Å². The molecule has 0 aromatic carbocycles. The molecule has 0 spiro atoms. The molecule has 1 rings (SSSR count). The smallest absolute Gasteiger partial charge is 0.177 e. The van der Waals surface area contributed by atoms with Crippen LogP contribution in [0.15, 0.2) is 12.2 Å². The minimum atomic E-state index is -0.784. The topological polar surface area (TPSA) is 29.5 Å². The van der Waals surface area contributed by atoms with Gasteiger partial charge in [0, 0.05) is 0 Å². The quantitative estimate of drug-likeness (QED) is 0.520. The van der Waals surface area contributed by atoms with Gasteiger partial charge in [-0.1, -0.05) is 19.4 Å². The van der Waals surface area contributed by atoms with Gasteiger partial charge in [-0.2, -0.15) is 0 Å². The zero-order chi connectivity index (χ0) is 9.19. The zero-order valence-electron chi connectivity index (χ0n) is 7.97. The highest BCUT2D eigenvalue weighted by Gasteiger charge is 2.31. The molecular formula is C10H18O2. The molecule has 0 aromatic rings. The van der Waals surface area contributed by atoms with Crippen molar-refractivity contribution < 1.29 is 9.84 Å². The first-order valence-electron chi connectivity index (χ1n) is 4.55. The largest absolute Gasteiger partial charge is 0.364 e. The second kappa shape index (κ2) is 3.58. The van der Waals surface area contributed by atoms with Crippen molar-refractivity contribution >= 4 is 0 Å². The average Bonchev–Trinajstić information content (AvgIpc) is 2.35. The molecule has 70 valence electrons. The zero-order valence-corrected chi connectivity index (χ0v) is 7.97. The van der Waals surface area contributed by atoms with E-state index in [0.717, 1.165) is 12.8 Å². The molecule has 12 heavy (non-hydrogen) atoms. The summed E-state index contributed by atoms with van der Waals surface area (Å²) in [5, 5.41) is 9.43. The molecule has 0 aliphatic heterocycles. The number of hydrogen-bond acceptors (Lipinski definition) is 2. The molecule has 0 heterocycles. The van der Waals surface area contributed by atoms with Crippen LogP contribution in [0.4, 0.5) is 0 Å². The number of aliphatic hydroxyl groups is 1. The summed E-state index contributed by atoms with van der Waals surface area (Å²) in [4.78, 5) is 0. The van der Waals surface area contributed by atoms with E-state index in [2.05, 4.69) is 13.5 Å². The van der Waals surface area contributed by atoms with Gasteiger partial charge in [0.25, 0.3) is 0 Å². The molecule has 2 nitrogen and oxygen atoms in total. The lowest BCUT2D eigenvalue weighted by atomic mass is 10.1. The van der Waals surface area contributed by atoms with Crippen molar-refractivity contribution in [3.05, 3.63) is 12.2 Å². The Morgan fingerprint density at radius 2 is 2.00 bits per heavy atom. The van der Waals surface area contributed by atoms with E-state index in [0.29, 0.717) is 5.57 Å². The third-order valence-electron chi connectivity index (χ3n) is 2.48. The van der Waals surface area contributed by atoms with Crippen molar-refractivity contribution in [2.24, 2.45) is 0 Å². The van der Waals surface area contributed by atoms with E-state index >= 15 is 0 Å². The lowest BCUT2D eigenvalue weighted by Gasteiger charge is -2.27. The standard InChI is InChI=1S/C10H18O2/c1-8(2)9(11)12-10(3)6-4-5-7-10/h9,11H,1,4-7H2,2-3H3. The molecular weight excluding hydrogens is 152 g/mol. The highest BCUT2D eigenvalue weighted by Crippen LogP contribution is 2.33. The predicted molar refractivity (Wildman–Crippen MR) is 48.8 cm³/mol. The van der Waals surface area contributed by atoms with Crippen LogP contribution in [-0.2, 0) is 4.74 Å². The first-order chi connectivity index (χ1) is 5.53. The lowest BCUT2D eigenvalue weighted by molar-refractivity contribution is -0.156. The first kappa shape index (κ1) is 9.75. The molecule has 0 bridgehead atoms. The molecule has 1 aliphatic rings. The van der Waals surface area contributed by atoms with Gasteiger partial charge in [0.1, 0.15) is 0 Å². The summed E-state index contributed by atoms with van der Waals surface area (Å²) in [5.41, 5.74) is 0.571.